The SMILES string of the molecule is Cc1cccc2[nH]c(-c3ccc(-c4cccc(CNCCc5ccncc5)c4)cc3)nc12. The summed E-state index contributed by atoms with van der Waals surface area (Å²) in [4.78, 5) is 12.3. The number of fused-ring (bicyclic) bond motifs is 1. The van der Waals surface area contributed by atoms with Crippen molar-refractivity contribution >= 4 is 11.0 Å². The molecular formula is C28H26N4. The maximum atomic E-state index is 4.80. The second-order valence-corrected chi connectivity index (χ2v) is 8.12. The van der Waals surface area contributed by atoms with Crippen LogP contribution >= 0.6 is 0 Å². The van der Waals surface area contributed by atoms with Crippen molar-refractivity contribution < 1.29 is 0 Å². The molecule has 0 fully saturated rings. The number of hydrogen-bond acceptors (Lipinski definition) is 3. The van der Waals surface area contributed by atoms with Crippen LogP contribution in [0, 0.1) is 6.92 Å². The van der Waals surface area contributed by atoms with Crippen LogP contribution in [0.2, 0.25) is 0 Å². The molecule has 158 valence electrons. The van der Waals surface area contributed by atoms with Crippen LogP contribution in [-0.4, -0.2) is 21.5 Å². The van der Waals surface area contributed by atoms with Crippen LogP contribution in [0.1, 0.15) is 16.7 Å². The Balaban J connectivity index is 1.26. The first-order chi connectivity index (χ1) is 15.8. The predicted molar refractivity (Wildman–Crippen MR) is 131 cm³/mol. The zero-order valence-electron chi connectivity index (χ0n) is 18.2. The van der Waals surface area contributed by atoms with Gasteiger partial charge in [0.2, 0.25) is 0 Å². The predicted octanol–water partition coefficient (Wildman–Crippen LogP) is 5.93. The van der Waals surface area contributed by atoms with Gasteiger partial charge in [0.15, 0.2) is 0 Å². The number of nitrogens with one attached hydrogen (secondary N) is 2. The Morgan fingerprint density at radius 1 is 0.781 bits per heavy atom. The van der Waals surface area contributed by atoms with Gasteiger partial charge in [0, 0.05) is 24.5 Å². The molecule has 2 N–H and O–H groups in total. The van der Waals surface area contributed by atoms with E-state index in [0.717, 1.165) is 41.9 Å². The summed E-state index contributed by atoms with van der Waals surface area (Å²) >= 11 is 0. The molecule has 4 nitrogen and oxygen atoms in total. The molecule has 0 aliphatic rings. The van der Waals surface area contributed by atoms with Gasteiger partial charge in [-0.25, -0.2) is 4.98 Å². The number of imidazole rings is 1. The Bertz CT molecular complexity index is 1320. The van der Waals surface area contributed by atoms with Gasteiger partial charge in [0.1, 0.15) is 5.82 Å². The summed E-state index contributed by atoms with van der Waals surface area (Å²) in [6, 6.07) is 27.7. The van der Waals surface area contributed by atoms with E-state index in [1.807, 2.05) is 12.4 Å². The zero-order valence-corrected chi connectivity index (χ0v) is 18.2. The van der Waals surface area contributed by atoms with Gasteiger partial charge < -0.3 is 10.3 Å². The van der Waals surface area contributed by atoms with Gasteiger partial charge in [-0.1, -0.05) is 54.6 Å². The van der Waals surface area contributed by atoms with Crippen LogP contribution in [0.3, 0.4) is 0 Å². The number of nitrogens with zero attached hydrogens (tertiary/aromatic N) is 2. The lowest BCUT2D eigenvalue weighted by Crippen LogP contribution is -2.16. The lowest BCUT2D eigenvalue weighted by atomic mass is 10.0. The van der Waals surface area contributed by atoms with Gasteiger partial charge in [-0.05, 0) is 72.0 Å². The second kappa shape index (κ2) is 9.16. The third-order valence-corrected chi connectivity index (χ3v) is 5.80. The third-order valence-electron chi connectivity index (χ3n) is 5.80. The minimum atomic E-state index is 0.856. The topological polar surface area (TPSA) is 53.6 Å². The third kappa shape index (κ3) is 4.46. The summed E-state index contributed by atoms with van der Waals surface area (Å²) in [5, 5.41) is 3.54. The quantitative estimate of drug-likeness (QED) is 0.322. The normalized spacial score (nSPS) is 11.2. The van der Waals surface area contributed by atoms with Crippen LogP contribution in [0.25, 0.3) is 33.5 Å². The van der Waals surface area contributed by atoms with Crippen molar-refractivity contribution in [3.05, 3.63) is 108 Å². The van der Waals surface area contributed by atoms with E-state index in [1.165, 1.54) is 27.8 Å². The van der Waals surface area contributed by atoms with E-state index in [2.05, 4.69) is 101 Å². The maximum Gasteiger partial charge on any atom is 0.138 e. The number of aromatic amines is 1. The Hall–Kier alpha value is -3.76. The number of para-hydroxylation sites is 1. The minimum absolute atomic E-state index is 0.856. The van der Waals surface area contributed by atoms with Crippen molar-refractivity contribution in [2.24, 2.45) is 0 Å². The molecule has 3 aromatic carbocycles. The van der Waals surface area contributed by atoms with E-state index in [4.69, 9.17) is 4.98 Å². The van der Waals surface area contributed by atoms with Crippen molar-refractivity contribution in [1.29, 1.82) is 0 Å². The fraction of sp³-hybridized carbons (Fsp3) is 0.143. The molecule has 0 saturated carbocycles. The van der Waals surface area contributed by atoms with Gasteiger partial charge in [-0.2, -0.15) is 0 Å². The summed E-state index contributed by atoms with van der Waals surface area (Å²) in [5.41, 5.74) is 9.43. The molecular weight excluding hydrogens is 392 g/mol. The van der Waals surface area contributed by atoms with Gasteiger partial charge >= 0.3 is 0 Å². The second-order valence-electron chi connectivity index (χ2n) is 8.12. The maximum absolute atomic E-state index is 4.80. The van der Waals surface area contributed by atoms with Crippen molar-refractivity contribution in [3.63, 3.8) is 0 Å². The molecule has 5 rings (SSSR count). The van der Waals surface area contributed by atoms with Crippen molar-refractivity contribution in [1.82, 2.24) is 20.3 Å². The first-order valence-electron chi connectivity index (χ1n) is 11.0. The standard InChI is InChI=1S/C28H26N4/c1-20-4-2-7-26-27(20)32-28(31-26)24-10-8-23(9-11-24)25-6-3-5-22(18-25)19-30-17-14-21-12-15-29-16-13-21/h2-13,15-16,18,30H,14,17,19H2,1H3,(H,31,32). The minimum Gasteiger partial charge on any atom is -0.338 e. The molecule has 0 radical (unpaired) electrons. The van der Waals surface area contributed by atoms with Crippen LogP contribution in [-0.2, 0) is 13.0 Å². The van der Waals surface area contributed by atoms with E-state index < -0.39 is 0 Å². The lowest BCUT2D eigenvalue weighted by molar-refractivity contribution is 0.687. The highest BCUT2D eigenvalue weighted by Gasteiger charge is 2.07. The number of pyridine rings is 1. The highest BCUT2D eigenvalue weighted by atomic mass is 14.9. The summed E-state index contributed by atoms with van der Waals surface area (Å²) in [7, 11) is 0. The first-order valence-corrected chi connectivity index (χ1v) is 11.0. The summed E-state index contributed by atoms with van der Waals surface area (Å²) in [6.07, 6.45) is 4.70. The average Bonchev–Trinajstić information content (AvgIpc) is 3.29. The summed E-state index contributed by atoms with van der Waals surface area (Å²) < 4.78 is 0. The van der Waals surface area contributed by atoms with Crippen molar-refractivity contribution in [3.8, 4) is 22.5 Å². The molecule has 0 amide bonds. The molecule has 0 spiro atoms. The largest absolute Gasteiger partial charge is 0.338 e. The molecule has 4 heteroatoms. The molecule has 32 heavy (non-hydrogen) atoms. The van der Waals surface area contributed by atoms with Crippen molar-refractivity contribution in [2.45, 2.75) is 19.9 Å². The fourth-order valence-electron chi connectivity index (χ4n) is 4.01. The molecule has 5 aromatic rings. The van der Waals surface area contributed by atoms with E-state index in [9.17, 15) is 0 Å². The fourth-order valence-corrected chi connectivity index (χ4v) is 4.01. The first kappa shape index (κ1) is 20.2. The molecule has 0 unspecified atom stereocenters. The number of aryl methyl sites for hydroxylation is 1. The molecule has 0 aliphatic carbocycles. The molecule has 0 bridgehead atoms. The van der Waals surface area contributed by atoms with Gasteiger partial charge in [-0.3, -0.25) is 4.98 Å². The summed E-state index contributed by atoms with van der Waals surface area (Å²) in [6.45, 7) is 3.90. The van der Waals surface area contributed by atoms with Crippen LogP contribution < -0.4 is 5.32 Å². The van der Waals surface area contributed by atoms with Crippen LogP contribution in [0.5, 0.6) is 0 Å². The highest BCUT2D eigenvalue weighted by molar-refractivity contribution is 5.82. The number of rotatable bonds is 7. The zero-order chi connectivity index (χ0) is 21.8. The van der Waals surface area contributed by atoms with Gasteiger partial charge in [0.25, 0.3) is 0 Å². The molecule has 2 heterocycles. The van der Waals surface area contributed by atoms with Crippen LogP contribution in [0.15, 0.2) is 91.3 Å². The molecule has 0 atom stereocenters. The van der Waals surface area contributed by atoms with E-state index in [0.29, 0.717) is 0 Å². The van der Waals surface area contributed by atoms with Gasteiger partial charge in [0.05, 0.1) is 11.0 Å². The Morgan fingerprint density at radius 2 is 1.56 bits per heavy atom. The monoisotopic (exact) mass is 418 g/mol. The number of H-pyrrole nitrogens is 1. The Morgan fingerprint density at radius 3 is 2.38 bits per heavy atom. The van der Waals surface area contributed by atoms with Crippen LogP contribution in [0.4, 0.5) is 0 Å². The molecule has 0 aliphatic heterocycles. The Labute approximate surface area is 188 Å². The molecule has 2 aromatic heterocycles. The Kier molecular flexibility index (Phi) is 5.77. The smallest absolute Gasteiger partial charge is 0.138 e. The van der Waals surface area contributed by atoms with Gasteiger partial charge in [-0.15, -0.1) is 0 Å². The van der Waals surface area contributed by atoms with Crippen molar-refractivity contribution in [2.75, 3.05) is 6.54 Å². The number of hydrogen-bond donors (Lipinski definition) is 2. The molecule has 0 saturated heterocycles. The highest BCUT2D eigenvalue weighted by Crippen LogP contribution is 2.26. The summed E-state index contributed by atoms with van der Waals surface area (Å²) in [5.74, 6) is 0.910. The van der Waals surface area contributed by atoms with E-state index in [-0.39, 0.29) is 0 Å². The van der Waals surface area contributed by atoms with E-state index in [1.54, 1.807) is 0 Å². The lowest BCUT2D eigenvalue weighted by Gasteiger charge is -2.08. The van der Waals surface area contributed by atoms with E-state index >= 15 is 0 Å². The number of aromatic nitrogens is 3. The number of benzene rings is 3. The average molecular weight is 419 g/mol.